The predicted octanol–water partition coefficient (Wildman–Crippen LogP) is 3.40. The predicted molar refractivity (Wildman–Crippen MR) is 114 cm³/mol. The maximum absolute atomic E-state index is 5.25. The Balaban J connectivity index is 1.54. The van der Waals surface area contributed by atoms with Crippen LogP contribution in [0.3, 0.4) is 0 Å². The summed E-state index contributed by atoms with van der Waals surface area (Å²) in [6.07, 6.45) is 2.85. The van der Waals surface area contributed by atoms with E-state index in [1.165, 1.54) is 42.7 Å². The summed E-state index contributed by atoms with van der Waals surface area (Å²) in [4.78, 5) is 14.0. The number of aryl methyl sites for hydroxylation is 1. The van der Waals surface area contributed by atoms with Gasteiger partial charge < -0.3 is 14.5 Å². The van der Waals surface area contributed by atoms with E-state index < -0.39 is 0 Å². The Morgan fingerprint density at radius 2 is 1.86 bits per heavy atom. The van der Waals surface area contributed by atoms with Gasteiger partial charge in [-0.15, -0.1) is 0 Å². The number of rotatable bonds is 5. The lowest BCUT2D eigenvalue weighted by molar-refractivity contribution is 0.155. The van der Waals surface area contributed by atoms with Gasteiger partial charge >= 0.3 is 0 Å². The van der Waals surface area contributed by atoms with Crippen molar-refractivity contribution >= 4 is 10.9 Å². The van der Waals surface area contributed by atoms with Crippen LogP contribution < -0.4 is 4.74 Å². The van der Waals surface area contributed by atoms with Crippen LogP contribution in [0, 0.1) is 6.92 Å². The van der Waals surface area contributed by atoms with Crippen LogP contribution >= 0.6 is 0 Å². The molecule has 0 amide bonds. The molecule has 3 heterocycles. The zero-order valence-corrected chi connectivity index (χ0v) is 17.0. The van der Waals surface area contributed by atoms with Gasteiger partial charge in [-0.05, 0) is 55.8 Å². The Hall–Kier alpha value is -2.50. The van der Waals surface area contributed by atoms with Gasteiger partial charge in [-0.3, -0.25) is 0 Å². The summed E-state index contributed by atoms with van der Waals surface area (Å²) >= 11 is 0. The first-order valence-corrected chi connectivity index (χ1v) is 9.94. The van der Waals surface area contributed by atoms with E-state index >= 15 is 0 Å². The van der Waals surface area contributed by atoms with Crippen LogP contribution in [0.2, 0.25) is 0 Å². The number of fused-ring (bicyclic) bond motifs is 1. The van der Waals surface area contributed by atoms with Gasteiger partial charge in [-0.25, -0.2) is 9.97 Å². The Labute approximate surface area is 167 Å². The molecule has 0 atom stereocenters. The van der Waals surface area contributed by atoms with Crippen molar-refractivity contribution in [2.24, 2.45) is 0 Å². The molecule has 2 aromatic heterocycles. The molecule has 1 fully saturated rings. The van der Waals surface area contributed by atoms with E-state index in [0.29, 0.717) is 5.88 Å². The average molecular weight is 377 g/mol. The quantitative estimate of drug-likeness (QED) is 0.683. The number of nitrogens with zero attached hydrogens (tertiary/aromatic N) is 4. The highest BCUT2D eigenvalue weighted by Crippen LogP contribution is 2.26. The number of pyridine rings is 2. The second-order valence-electron chi connectivity index (χ2n) is 7.66. The van der Waals surface area contributed by atoms with Crippen molar-refractivity contribution in [3.8, 4) is 17.1 Å². The fraction of sp³-hybridized carbons (Fsp3) is 0.391. The van der Waals surface area contributed by atoms with Gasteiger partial charge in [0.15, 0.2) is 0 Å². The Kier molecular flexibility index (Phi) is 5.55. The maximum Gasteiger partial charge on any atom is 0.213 e. The Morgan fingerprint density at radius 1 is 1.04 bits per heavy atom. The maximum atomic E-state index is 5.25. The van der Waals surface area contributed by atoms with E-state index in [9.17, 15) is 0 Å². The third-order valence-electron chi connectivity index (χ3n) is 5.63. The molecule has 28 heavy (non-hydrogen) atoms. The minimum atomic E-state index is 0.608. The zero-order chi connectivity index (χ0) is 19.5. The van der Waals surface area contributed by atoms with Gasteiger partial charge in [0.2, 0.25) is 5.88 Å². The SMILES string of the molecule is COc1cc(-c2cc(C)c3cc(CCN4CCN(C)CC4)ccc3n2)ccn1. The summed E-state index contributed by atoms with van der Waals surface area (Å²) < 4.78 is 5.25. The third kappa shape index (κ3) is 4.16. The standard InChI is InChI=1S/C23H28N4O/c1-17-14-22(19-6-8-24-23(16-19)28-3)25-21-5-4-18(15-20(17)21)7-9-27-12-10-26(2)11-13-27/h4-6,8,14-16H,7,9-13H2,1-3H3. The molecule has 1 aliphatic heterocycles. The van der Waals surface area contributed by atoms with Crippen molar-refractivity contribution in [1.82, 2.24) is 19.8 Å². The van der Waals surface area contributed by atoms with Crippen LogP contribution in [-0.4, -0.2) is 66.6 Å². The molecular weight excluding hydrogens is 348 g/mol. The molecule has 1 saturated heterocycles. The second kappa shape index (κ2) is 8.25. The first-order valence-electron chi connectivity index (χ1n) is 9.94. The molecule has 0 unspecified atom stereocenters. The van der Waals surface area contributed by atoms with Crippen LogP contribution in [0.1, 0.15) is 11.1 Å². The molecule has 5 nitrogen and oxygen atoms in total. The number of aromatic nitrogens is 2. The van der Waals surface area contributed by atoms with Gasteiger partial charge in [-0.1, -0.05) is 6.07 Å². The summed E-state index contributed by atoms with van der Waals surface area (Å²) in [5.41, 5.74) is 5.65. The van der Waals surface area contributed by atoms with E-state index in [1.807, 2.05) is 12.1 Å². The molecule has 5 heteroatoms. The summed E-state index contributed by atoms with van der Waals surface area (Å²) in [6.45, 7) is 7.97. The van der Waals surface area contributed by atoms with Gasteiger partial charge in [0.25, 0.3) is 0 Å². The summed E-state index contributed by atoms with van der Waals surface area (Å²) in [7, 11) is 3.83. The van der Waals surface area contributed by atoms with Gasteiger partial charge in [-0.2, -0.15) is 0 Å². The molecule has 0 spiro atoms. The molecule has 0 N–H and O–H groups in total. The lowest BCUT2D eigenvalue weighted by Gasteiger charge is -2.32. The summed E-state index contributed by atoms with van der Waals surface area (Å²) in [6, 6.07) is 12.7. The number of piperazine rings is 1. The van der Waals surface area contributed by atoms with E-state index in [1.54, 1.807) is 13.3 Å². The molecule has 146 valence electrons. The highest BCUT2D eigenvalue weighted by molar-refractivity contribution is 5.85. The molecule has 0 aliphatic carbocycles. The van der Waals surface area contributed by atoms with E-state index in [4.69, 9.17) is 9.72 Å². The van der Waals surface area contributed by atoms with Gasteiger partial charge in [0, 0.05) is 55.9 Å². The van der Waals surface area contributed by atoms with E-state index in [2.05, 4.69) is 53.0 Å². The normalized spacial score (nSPS) is 15.8. The fourth-order valence-corrected chi connectivity index (χ4v) is 3.78. The van der Waals surface area contributed by atoms with E-state index in [-0.39, 0.29) is 0 Å². The largest absolute Gasteiger partial charge is 0.481 e. The third-order valence-corrected chi connectivity index (χ3v) is 5.63. The molecule has 1 aliphatic rings. The van der Waals surface area contributed by atoms with Crippen molar-refractivity contribution in [2.75, 3.05) is 46.9 Å². The number of benzene rings is 1. The zero-order valence-electron chi connectivity index (χ0n) is 17.0. The van der Waals surface area contributed by atoms with Crippen LogP contribution in [0.15, 0.2) is 42.6 Å². The van der Waals surface area contributed by atoms with Gasteiger partial charge in [0.1, 0.15) is 0 Å². The van der Waals surface area contributed by atoms with Crippen molar-refractivity contribution in [3.05, 3.63) is 53.7 Å². The topological polar surface area (TPSA) is 41.5 Å². The molecule has 4 rings (SSSR count). The first-order chi connectivity index (χ1) is 13.6. The number of methoxy groups -OCH3 is 1. The molecule has 0 radical (unpaired) electrons. The summed E-state index contributed by atoms with van der Waals surface area (Å²) in [5, 5.41) is 1.24. The number of likely N-dealkylation sites (N-methyl/N-ethyl adjacent to an activating group) is 1. The number of hydrogen-bond donors (Lipinski definition) is 0. The minimum absolute atomic E-state index is 0.608. The second-order valence-corrected chi connectivity index (χ2v) is 7.66. The van der Waals surface area contributed by atoms with Crippen LogP contribution in [0.25, 0.3) is 22.2 Å². The molecule has 1 aromatic carbocycles. The van der Waals surface area contributed by atoms with Crippen molar-refractivity contribution in [3.63, 3.8) is 0 Å². The average Bonchev–Trinajstić information content (AvgIpc) is 2.73. The Morgan fingerprint density at radius 3 is 2.64 bits per heavy atom. The van der Waals surface area contributed by atoms with Crippen LogP contribution in [-0.2, 0) is 6.42 Å². The van der Waals surface area contributed by atoms with Gasteiger partial charge in [0.05, 0.1) is 18.3 Å². The van der Waals surface area contributed by atoms with E-state index in [0.717, 1.165) is 29.7 Å². The summed E-state index contributed by atoms with van der Waals surface area (Å²) in [5.74, 6) is 0.608. The lowest BCUT2D eigenvalue weighted by atomic mass is 10.0. The first kappa shape index (κ1) is 18.8. The minimum Gasteiger partial charge on any atom is -0.481 e. The smallest absolute Gasteiger partial charge is 0.213 e. The molecule has 0 saturated carbocycles. The lowest BCUT2D eigenvalue weighted by Crippen LogP contribution is -2.45. The van der Waals surface area contributed by atoms with Crippen LogP contribution in [0.4, 0.5) is 0 Å². The molecular formula is C23H28N4O. The monoisotopic (exact) mass is 376 g/mol. The highest BCUT2D eigenvalue weighted by Gasteiger charge is 2.13. The molecule has 3 aromatic rings. The van der Waals surface area contributed by atoms with Crippen molar-refractivity contribution < 1.29 is 4.74 Å². The van der Waals surface area contributed by atoms with Crippen molar-refractivity contribution in [1.29, 1.82) is 0 Å². The van der Waals surface area contributed by atoms with Crippen LogP contribution in [0.5, 0.6) is 5.88 Å². The Bertz CT molecular complexity index is 964. The molecule has 0 bridgehead atoms. The number of hydrogen-bond acceptors (Lipinski definition) is 5. The van der Waals surface area contributed by atoms with Crippen molar-refractivity contribution in [2.45, 2.75) is 13.3 Å². The number of ether oxygens (including phenoxy) is 1. The highest BCUT2D eigenvalue weighted by atomic mass is 16.5. The fourth-order valence-electron chi connectivity index (χ4n) is 3.78.